The van der Waals surface area contributed by atoms with Gasteiger partial charge < -0.3 is 25.0 Å². The second-order valence-corrected chi connectivity index (χ2v) is 6.89. The number of carbonyl (C=O) groups is 1. The molecular formula is C17H35IN4O3. The maximum atomic E-state index is 11.9. The van der Waals surface area contributed by atoms with Crippen LogP contribution in [0.25, 0.3) is 0 Å². The maximum Gasteiger partial charge on any atom is 0.410 e. The predicted octanol–water partition coefficient (Wildman–Crippen LogP) is 2.60. The lowest BCUT2D eigenvalue weighted by molar-refractivity contribution is 0.00701. The summed E-state index contributed by atoms with van der Waals surface area (Å²) in [6, 6.07) is 0.221. The zero-order chi connectivity index (χ0) is 18.0. The van der Waals surface area contributed by atoms with Crippen molar-refractivity contribution in [1.29, 1.82) is 0 Å². The summed E-state index contributed by atoms with van der Waals surface area (Å²) in [5.41, 5.74) is -0.451. The smallest absolute Gasteiger partial charge is 0.410 e. The topological polar surface area (TPSA) is 75.2 Å². The van der Waals surface area contributed by atoms with E-state index in [1.54, 1.807) is 4.90 Å². The Morgan fingerprint density at radius 3 is 2.48 bits per heavy atom. The molecule has 1 amide bonds. The summed E-state index contributed by atoms with van der Waals surface area (Å²) in [5, 5.41) is 6.60. The standard InChI is InChI=1S/C17H34N4O3.HI/c1-6-18-15(19-10-8-9-11-23-7-2)20-14-12-21(13-14)16(22)24-17(3,4)5;/h14H,6-13H2,1-5H3,(H2,18,19,20);1H. The van der Waals surface area contributed by atoms with Crippen molar-refractivity contribution < 1.29 is 14.3 Å². The SMILES string of the molecule is CCNC(=NCCCCOCC)NC1CN(C(=O)OC(C)(C)C)C1.I. The highest BCUT2D eigenvalue weighted by Gasteiger charge is 2.34. The van der Waals surface area contributed by atoms with E-state index in [-0.39, 0.29) is 36.1 Å². The normalized spacial score (nSPS) is 15.2. The molecule has 0 spiro atoms. The van der Waals surface area contributed by atoms with Gasteiger partial charge in [-0.3, -0.25) is 4.99 Å². The number of nitrogens with one attached hydrogen (secondary N) is 2. The Kier molecular flexibility index (Phi) is 12.2. The molecule has 25 heavy (non-hydrogen) atoms. The minimum absolute atomic E-state index is 0. The molecule has 0 atom stereocenters. The van der Waals surface area contributed by atoms with E-state index in [4.69, 9.17) is 9.47 Å². The van der Waals surface area contributed by atoms with E-state index in [1.807, 2.05) is 34.6 Å². The molecule has 0 aromatic carbocycles. The molecule has 0 aliphatic carbocycles. The van der Waals surface area contributed by atoms with Gasteiger partial charge in [-0.15, -0.1) is 24.0 Å². The molecule has 8 heteroatoms. The van der Waals surface area contributed by atoms with Crippen LogP contribution in [0.1, 0.15) is 47.5 Å². The van der Waals surface area contributed by atoms with Gasteiger partial charge >= 0.3 is 6.09 Å². The molecule has 0 aromatic rings. The number of aliphatic imine (C=N–C) groups is 1. The van der Waals surface area contributed by atoms with Crippen molar-refractivity contribution in [2.45, 2.75) is 59.1 Å². The molecule has 1 fully saturated rings. The lowest BCUT2D eigenvalue weighted by atomic mass is 10.1. The zero-order valence-corrected chi connectivity index (χ0v) is 18.6. The van der Waals surface area contributed by atoms with Gasteiger partial charge in [-0.25, -0.2) is 4.79 Å². The van der Waals surface area contributed by atoms with Crippen LogP contribution in [0.5, 0.6) is 0 Å². The Labute approximate surface area is 169 Å². The minimum atomic E-state index is -0.451. The van der Waals surface area contributed by atoms with Gasteiger partial charge in [0.25, 0.3) is 0 Å². The molecule has 0 bridgehead atoms. The number of guanidine groups is 1. The fourth-order valence-electron chi connectivity index (χ4n) is 2.21. The molecule has 2 N–H and O–H groups in total. The van der Waals surface area contributed by atoms with Gasteiger partial charge in [0.05, 0.1) is 6.04 Å². The lowest BCUT2D eigenvalue weighted by Crippen LogP contribution is -2.63. The van der Waals surface area contributed by atoms with Gasteiger partial charge in [0.15, 0.2) is 5.96 Å². The molecule has 1 aliphatic heterocycles. The van der Waals surface area contributed by atoms with E-state index in [0.29, 0.717) is 13.1 Å². The Morgan fingerprint density at radius 2 is 1.92 bits per heavy atom. The third-order valence-corrected chi connectivity index (χ3v) is 3.39. The molecule has 1 heterocycles. The Balaban J connectivity index is 0.00000576. The van der Waals surface area contributed by atoms with E-state index in [1.165, 1.54) is 0 Å². The van der Waals surface area contributed by atoms with Crippen LogP contribution in [-0.4, -0.2) is 68.0 Å². The quantitative estimate of drug-likeness (QED) is 0.247. The fraction of sp³-hybridized carbons (Fsp3) is 0.882. The third kappa shape index (κ3) is 10.7. The highest BCUT2D eigenvalue weighted by molar-refractivity contribution is 14.0. The highest BCUT2D eigenvalue weighted by atomic mass is 127. The zero-order valence-electron chi connectivity index (χ0n) is 16.3. The van der Waals surface area contributed by atoms with Gasteiger partial charge in [-0.2, -0.15) is 0 Å². The number of likely N-dealkylation sites (tertiary alicyclic amines) is 1. The van der Waals surface area contributed by atoms with Crippen LogP contribution >= 0.6 is 24.0 Å². The number of carbonyl (C=O) groups excluding carboxylic acids is 1. The fourth-order valence-corrected chi connectivity index (χ4v) is 2.21. The number of rotatable bonds is 8. The van der Waals surface area contributed by atoms with Crippen molar-refractivity contribution in [2.75, 3.05) is 39.4 Å². The van der Waals surface area contributed by atoms with Crippen LogP contribution in [0, 0.1) is 0 Å². The summed E-state index contributed by atoms with van der Waals surface area (Å²) in [5.74, 6) is 0.808. The third-order valence-electron chi connectivity index (χ3n) is 3.39. The Bertz CT molecular complexity index is 407. The van der Waals surface area contributed by atoms with Crippen LogP contribution in [0.15, 0.2) is 4.99 Å². The number of nitrogens with zero attached hydrogens (tertiary/aromatic N) is 2. The second-order valence-electron chi connectivity index (χ2n) is 6.89. The number of amides is 1. The molecule has 1 rings (SSSR count). The van der Waals surface area contributed by atoms with Crippen LogP contribution in [0.4, 0.5) is 4.79 Å². The molecule has 7 nitrogen and oxygen atoms in total. The van der Waals surface area contributed by atoms with E-state index in [0.717, 1.165) is 45.1 Å². The van der Waals surface area contributed by atoms with E-state index in [9.17, 15) is 4.79 Å². The first-order valence-corrected chi connectivity index (χ1v) is 8.96. The summed E-state index contributed by atoms with van der Waals surface area (Å²) < 4.78 is 10.7. The summed E-state index contributed by atoms with van der Waals surface area (Å²) in [6.45, 7) is 14.1. The van der Waals surface area contributed by atoms with Gasteiger partial charge in [0.2, 0.25) is 0 Å². The number of unbranched alkanes of at least 4 members (excludes halogenated alkanes) is 1. The van der Waals surface area contributed by atoms with Gasteiger partial charge in [0.1, 0.15) is 5.60 Å². The average Bonchev–Trinajstić information content (AvgIpc) is 2.43. The van der Waals surface area contributed by atoms with E-state index in [2.05, 4.69) is 15.6 Å². The Hall–Kier alpha value is -0.770. The molecule has 1 saturated heterocycles. The van der Waals surface area contributed by atoms with Crippen molar-refractivity contribution in [3.8, 4) is 0 Å². The number of halogens is 1. The number of hydrogen-bond donors (Lipinski definition) is 2. The number of hydrogen-bond acceptors (Lipinski definition) is 4. The molecule has 0 radical (unpaired) electrons. The minimum Gasteiger partial charge on any atom is -0.444 e. The van der Waals surface area contributed by atoms with Crippen molar-refractivity contribution in [2.24, 2.45) is 4.99 Å². The summed E-state index contributed by atoms with van der Waals surface area (Å²) in [4.78, 5) is 18.2. The Morgan fingerprint density at radius 1 is 1.24 bits per heavy atom. The van der Waals surface area contributed by atoms with Crippen molar-refractivity contribution in [3.05, 3.63) is 0 Å². The average molecular weight is 470 g/mol. The van der Waals surface area contributed by atoms with Crippen LogP contribution in [0.3, 0.4) is 0 Å². The molecule has 0 unspecified atom stereocenters. The van der Waals surface area contributed by atoms with E-state index < -0.39 is 5.60 Å². The molecule has 1 aliphatic rings. The van der Waals surface area contributed by atoms with E-state index >= 15 is 0 Å². The molecule has 0 saturated carbocycles. The first kappa shape index (κ1) is 24.2. The lowest BCUT2D eigenvalue weighted by Gasteiger charge is -2.40. The maximum absolute atomic E-state index is 11.9. The monoisotopic (exact) mass is 470 g/mol. The summed E-state index contributed by atoms with van der Waals surface area (Å²) in [6.07, 6.45) is 1.77. The summed E-state index contributed by atoms with van der Waals surface area (Å²) in [7, 11) is 0. The highest BCUT2D eigenvalue weighted by Crippen LogP contribution is 2.15. The number of ether oxygens (including phenoxy) is 2. The molecule has 148 valence electrons. The van der Waals surface area contributed by atoms with Crippen LogP contribution in [-0.2, 0) is 9.47 Å². The second kappa shape index (κ2) is 12.6. The van der Waals surface area contributed by atoms with Gasteiger partial charge in [-0.05, 0) is 47.5 Å². The first-order chi connectivity index (χ1) is 11.4. The van der Waals surface area contributed by atoms with Crippen molar-refractivity contribution in [3.63, 3.8) is 0 Å². The predicted molar refractivity (Wildman–Crippen MR) is 112 cm³/mol. The molecule has 0 aromatic heterocycles. The van der Waals surface area contributed by atoms with Crippen LogP contribution < -0.4 is 10.6 Å². The van der Waals surface area contributed by atoms with Crippen molar-refractivity contribution in [1.82, 2.24) is 15.5 Å². The molecular weight excluding hydrogens is 435 g/mol. The first-order valence-electron chi connectivity index (χ1n) is 8.96. The largest absolute Gasteiger partial charge is 0.444 e. The van der Waals surface area contributed by atoms with Gasteiger partial charge in [0, 0.05) is 39.4 Å². The van der Waals surface area contributed by atoms with Gasteiger partial charge in [-0.1, -0.05) is 0 Å². The van der Waals surface area contributed by atoms with Crippen molar-refractivity contribution >= 4 is 36.0 Å². The van der Waals surface area contributed by atoms with Crippen LogP contribution in [0.2, 0.25) is 0 Å². The summed E-state index contributed by atoms with van der Waals surface area (Å²) >= 11 is 0.